The van der Waals surface area contributed by atoms with Gasteiger partial charge < -0.3 is 5.73 Å². The molecule has 1 aromatic rings. The highest BCUT2D eigenvalue weighted by Gasteiger charge is 2.38. The molecule has 0 radical (unpaired) electrons. The van der Waals surface area contributed by atoms with Crippen molar-refractivity contribution < 1.29 is 10.0 Å². The number of benzene rings is 1. The first-order valence-electron chi connectivity index (χ1n) is 5.96. The van der Waals surface area contributed by atoms with Crippen molar-refractivity contribution in [2.75, 3.05) is 6.54 Å². The highest BCUT2D eigenvalue weighted by molar-refractivity contribution is 5.70. The van der Waals surface area contributed by atoms with Gasteiger partial charge in [-0.05, 0) is 36.7 Å². The summed E-state index contributed by atoms with van der Waals surface area (Å²) in [6.45, 7) is 0.370. The number of hydrogen-bond acceptors (Lipinski definition) is 2. The van der Waals surface area contributed by atoms with Crippen LogP contribution in [0.25, 0.3) is 0 Å². The molecule has 2 atom stereocenters. The Morgan fingerprint density at radius 1 is 1.35 bits per heavy atom. The van der Waals surface area contributed by atoms with E-state index >= 15 is 0 Å². The van der Waals surface area contributed by atoms with E-state index in [0.717, 1.165) is 19.3 Å². The molecule has 2 rings (SSSR count). The van der Waals surface area contributed by atoms with Crippen LogP contribution in [-0.4, -0.2) is 22.8 Å². The van der Waals surface area contributed by atoms with Gasteiger partial charge in [0.25, 0.3) is 0 Å². The molecule has 0 spiro atoms. The minimum atomic E-state index is -0.765. The average Bonchev–Trinajstić information content (AvgIpc) is 3.06. The van der Waals surface area contributed by atoms with E-state index < -0.39 is 6.03 Å². The molecule has 0 aromatic heterocycles. The zero-order valence-electron chi connectivity index (χ0n) is 9.75. The molecule has 0 heterocycles. The fraction of sp³-hybridized carbons (Fsp3) is 0.462. The second-order valence-electron chi connectivity index (χ2n) is 4.70. The molecule has 17 heavy (non-hydrogen) atoms. The molecule has 1 fully saturated rings. The number of carbonyl (C=O) groups is 1. The highest BCUT2D eigenvalue weighted by Crippen LogP contribution is 2.42. The number of carbonyl (C=O) groups excluding carboxylic acids is 1. The SMILES string of the molecule is NC(=O)N(O)C[C@@H]1C[C@H]1CCc1ccccc1. The monoisotopic (exact) mass is 234 g/mol. The Balaban J connectivity index is 1.69. The number of nitrogens with two attached hydrogens (primary N) is 1. The first-order chi connectivity index (χ1) is 8.16. The zero-order valence-corrected chi connectivity index (χ0v) is 9.75. The van der Waals surface area contributed by atoms with Crippen LogP contribution in [0.3, 0.4) is 0 Å². The molecule has 4 heteroatoms. The lowest BCUT2D eigenvalue weighted by Gasteiger charge is -2.11. The summed E-state index contributed by atoms with van der Waals surface area (Å²) in [5, 5.41) is 9.82. The van der Waals surface area contributed by atoms with Crippen LogP contribution < -0.4 is 5.73 Å². The topological polar surface area (TPSA) is 66.6 Å². The van der Waals surface area contributed by atoms with Crippen LogP contribution in [0.15, 0.2) is 30.3 Å². The summed E-state index contributed by atoms with van der Waals surface area (Å²) >= 11 is 0. The number of urea groups is 1. The van der Waals surface area contributed by atoms with Crippen molar-refractivity contribution in [3.8, 4) is 0 Å². The first kappa shape index (κ1) is 11.9. The number of rotatable bonds is 5. The molecule has 3 N–H and O–H groups in total. The van der Waals surface area contributed by atoms with Crippen molar-refractivity contribution in [3.05, 3.63) is 35.9 Å². The van der Waals surface area contributed by atoms with Crippen molar-refractivity contribution in [1.29, 1.82) is 0 Å². The van der Waals surface area contributed by atoms with Gasteiger partial charge in [0.1, 0.15) is 0 Å². The predicted octanol–water partition coefficient (Wildman–Crippen LogP) is 2.03. The number of primary amides is 1. The molecule has 1 aromatic carbocycles. The molecule has 4 nitrogen and oxygen atoms in total. The zero-order chi connectivity index (χ0) is 12.3. The molecule has 1 aliphatic carbocycles. The van der Waals surface area contributed by atoms with Gasteiger partial charge in [-0.1, -0.05) is 30.3 Å². The Bertz CT molecular complexity index is 380. The van der Waals surface area contributed by atoms with Gasteiger partial charge in [0, 0.05) is 0 Å². The minimum absolute atomic E-state index is 0.370. The summed E-state index contributed by atoms with van der Waals surface area (Å²) in [5.74, 6) is 1.03. The van der Waals surface area contributed by atoms with Crippen molar-refractivity contribution in [3.63, 3.8) is 0 Å². The predicted molar refractivity (Wildman–Crippen MR) is 64.4 cm³/mol. The van der Waals surface area contributed by atoms with E-state index in [1.807, 2.05) is 18.2 Å². The second kappa shape index (κ2) is 5.19. The van der Waals surface area contributed by atoms with Gasteiger partial charge in [0.15, 0.2) is 0 Å². The van der Waals surface area contributed by atoms with Crippen molar-refractivity contribution in [1.82, 2.24) is 5.06 Å². The van der Waals surface area contributed by atoms with Crippen LogP contribution in [-0.2, 0) is 6.42 Å². The Labute approximate surface area is 101 Å². The normalized spacial score (nSPS) is 22.2. The van der Waals surface area contributed by atoms with E-state index in [-0.39, 0.29) is 0 Å². The summed E-state index contributed by atoms with van der Waals surface area (Å²) in [5.41, 5.74) is 6.30. The van der Waals surface area contributed by atoms with Crippen molar-refractivity contribution in [2.45, 2.75) is 19.3 Å². The molecular weight excluding hydrogens is 216 g/mol. The molecule has 0 saturated heterocycles. The van der Waals surface area contributed by atoms with Gasteiger partial charge in [-0.3, -0.25) is 5.21 Å². The number of aryl methyl sites for hydroxylation is 1. The largest absolute Gasteiger partial charge is 0.350 e. The number of hydroxylamine groups is 2. The van der Waals surface area contributed by atoms with E-state index in [0.29, 0.717) is 23.4 Å². The molecule has 0 unspecified atom stereocenters. The van der Waals surface area contributed by atoms with Crippen LogP contribution >= 0.6 is 0 Å². The van der Waals surface area contributed by atoms with Crippen molar-refractivity contribution in [2.24, 2.45) is 17.6 Å². The first-order valence-corrected chi connectivity index (χ1v) is 5.96. The van der Waals surface area contributed by atoms with Crippen LogP contribution in [0.1, 0.15) is 18.4 Å². The van der Waals surface area contributed by atoms with Crippen LogP contribution in [0.2, 0.25) is 0 Å². The lowest BCUT2D eigenvalue weighted by Crippen LogP contribution is -2.34. The highest BCUT2D eigenvalue weighted by atomic mass is 16.5. The Morgan fingerprint density at radius 2 is 2.06 bits per heavy atom. The number of nitrogens with zero attached hydrogens (tertiary/aromatic N) is 1. The van der Waals surface area contributed by atoms with E-state index in [9.17, 15) is 10.0 Å². The Hall–Kier alpha value is -1.55. The van der Waals surface area contributed by atoms with Gasteiger partial charge in [-0.25, -0.2) is 9.86 Å². The minimum Gasteiger partial charge on any atom is -0.350 e. The average molecular weight is 234 g/mol. The molecule has 92 valence electrons. The third kappa shape index (κ3) is 3.46. The molecule has 0 bridgehead atoms. The summed E-state index contributed by atoms with van der Waals surface area (Å²) in [6.07, 6.45) is 3.25. The lowest BCUT2D eigenvalue weighted by molar-refractivity contribution is -0.0438. The Morgan fingerprint density at radius 3 is 2.71 bits per heavy atom. The summed E-state index contributed by atoms with van der Waals surface area (Å²) < 4.78 is 0. The molecule has 0 aliphatic heterocycles. The standard InChI is InChI=1S/C13H18N2O2/c14-13(16)15(17)9-12-8-11(12)7-6-10-4-2-1-3-5-10/h1-5,11-12,17H,6-9H2,(H2,14,16)/t11-,12+/m1/s1. The number of hydrogen-bond donors (Lipinski definition) is 2. The molecule has 1 saturated carbocycles. The summed E-state index contributed by atoms with van der Waals surface area (Å²) in [4.78, 5) is 10.6. The maximum absolute atomic E-state index is 10.6. The number of amides is 2. The van der Waals surface area contributed by atoms with E-state index in [2.05, 4.69) is 12.1 Å². The van der Waals surface area contributed by atoms with Crippen LogP contribution in [0.4, 0.5) is 4.79 Å². The molecular formula is C13H18N2O2. The van der Waals surface area contributed by atoms with Gasteiger partial charge >= 0.3 is 6.03 Å². The smallest absolute Gasteiger partial charge is 0.338 e. The maximum Gasteiger partial charge on any atom is 0.338 e. The molecule has 1 aliphatic rings. The third-order valence-corrected chi connectivity index (χ3v) is 3.38. The second-order valence-corrected chi connectivity index (χ2v) is 4.70. The van der Waals surface area contributed by atoms with Crippen LogP contribution in [0.5, 0.6) is 0 Å². The lowest BCUT2D eigenvalue weighted by atomic mass is 10.1. The third-order valence-electron chi connectivity index (χ3n) is 3.38. The molecule has 2 amide bonds. The fourth-order valence-electron chi connectivity index (χ4n) is 2.20. The Kier molecular flexibility index (Phi) is 3.64. The van der Waals surface area contributed by atoms with Crippen molar-refractivity contribution >= 4 is 6.03 Å². The van der Waals surface area contributed by atoms with Gasteiger partial charge in [0.05, 0.1) is 6.54 Å². The van der Waals surface area contributed by atoms with E-state index in [1.165, 1.54) is 5.56 Å². The fourth-order valence-corrected chi connectivity index (χ4v) is 2.20. The van der Waals surface area contributed by atoms with Gasteiger partial charge in [-0.2, -0.15) is 0 Å². The van der Waals surface area contributed by atoms with E-state index in [4.69, 9.17) is 5.73 Å². The van der Waals surface area contributed by atoms with Gasteiger partial charge in [0.2, 0.25) is 0 Å². The van der Waals surface area contributed by atoms with Gasteiger partial charge in [-0.15, -0.1) is 0 Å². The summed E-state index contributed by atoms with van der Waals surface area (Å²) in [7, 11) is 0. The summed E-state index contributed by atoms with van der Waals surface area (Å²) in [6, 6.07) is 9.58. The quantitative estimate of drug-likeness (QED) is 0.604. The maximum atomic E-state index is 10.6. The van der Waals surface area contributed by atoms with E-state index in [1.54, 1.807) is 0 Å². The van der Waals surface area contributed by atoms with Crippen LogP contribution in [0, 0.1) is 11.8 Å².